The Kier molecular flexibility index (Phi) is 9.17. The van der Waals surface area contributed by atoms with Gasteiger partial charge in [0.15, 0.2) is 6.73 Å². The van der Waals surface area contributed by atoms with Crippen LogP contribution in [0.4, 0.5) is 4.79 Å². The fourth-order valence-corrected chi connectivity index (χ4v) is 5.41. The van der Waals surface area contributed by atoms with Crippen molar-refractivity contribution in [1.82, 2.24) is 15.3 Å². The highest BCUT2D eigenvalue weighted by molar-refractivity contribution is 7.81. The Balaban J connectivity index is 1.48. The number of rotatable bonds is 12. The maximum Gasteiger partial charge on any atom is 0.421 e. The molecule has 14 heteroatoms. The van der Waals surface area contributed by atoms with Crippen LogP contribution in [0.3, 0.4) is 0 Å². The van der Waals surface area contributed by atoms with E-state index in [2.05, 4.69) is 5.32 Å². The summed E-state index contributed by atoms with van der Waals surface area (Å²) < 4.78 is 44.4. The quantitative estimate of drug-likeness (QED) is 0.286. The number of nitrogens with zero attached hydrogens (tertiary/aromatic N) is 2. The molecule has 36 heavy (non-hydrogen) atoms. The molecular formula is C22H35N3O10S. The molecule has 3 fully saturated rings. The molecule has 1 saturated carbocycles. The molecule has 13 nitrogen and oxygen atoms in total. The zero-order valence-corrected chi connectivity index (χ0v) is 21.7. The third-order valence-electron chi connectivity index (χ3n) is 6.60. The molecule has 204 valence electrons. The Labute approximate surface area is 211 Å². The van der Waals surface area contributed by atoms with Gasteiger partial charge in [-0.15, -0.1) is 4.28 Å². The molecule has 0 aromatic heterocycles. The summed E-state index contributed by atoms with van der Waals surface area (Å²) in [5.41, 5.74) is -1.26. The van der Waals surface area contributed by atoms with Crippen molar-refractivity contribution in [2.75, 3.05) is 26.5 Å². The Morgan fingerprint density at radius 2 is 1.78 bits per heavy atom. The topological polar surface area (TPSA) is 158 Å². The SMILES string of the molecule is CCOC(=O)C(C)(C)COS(=O)(=O)ON1C(=O)N2C[C@H]1CC[C@H]2C(=O)NCOC(=O)CC1CCCC1. The number of nitrogens with one attached hydrogen (secondary N) is 1. The van der Waals surface area contributed by atoms with Gasteiger partial charge in [0.25, 0.3) is 0 Å². The van der Waals surface area contributed by atoms with Gasteiger partial charge in [0.05, 0.1) is 24.7 Å². The summed E-state index contributed by atoms with van der Waals surface area (Å²) in [6.07, 6.45) is 5.14. The Hall–Kier alpha value is -2.45. The Morgan fingerprint density at radius 3 is 2.44 bits per heavy atom. The number of carbonyl (C=O) groups is 4. The monoisotopic (exact) mass is 533 g/mol. The minimum absolute atomic E-state index is 0.0855. The van der Waals surface area contributed by atoms with Crippen LogP contribution in [-0.2, 0) is 42.7 Å². The van der Waals surface area contributed by atoms with E-state index in [-0.39, 0.29) is 32.3 Å². The standard InChI is InChI=1S/C22H35N3O10S/c1-4-32-20(28)22(2,3)13-34-36(30,31)35-25-16-9-10-17(24(12-16)21(25)29)19(27)23-14-33-18(26)11-15-7-5-6-8-15/h15-17H,4-14H2,1-3H3,(H,23,27)/t16-,17+/m1/s1. The van der Waals surface area contributed by atoms with Crippen LogP contribution >= 0.6 is 0 Å². The molecule has 2 saturated heterocycles. The number of ether oxygens (including phenoxy) is 2. The van der Waals surface area contributed by atoms with E-state index in [1.807, 2.05) is 0 Å². The number of piperidine rings is 1. The lowest BCUT2D eigenvalue weighted by molar-refractivity contribution is -0.155. The van der Waals surface area contributed by atoms with E-state index in [1.165, 1.54) is 18.7 Å². The van der Waals surface area contributed by atoms with Gasteiger partial charge in [0.1, 0.15) is 6.04 Å². The summed E-state index contributed by atoms with van der Waals surface area (Å²) in [6.45, 7) is 3.90. The number of fused-ring (bicyclic) bond motifs is 2. The second-order valence-corrected chi connectivity index (χ2v) is 11.1. The van der Waals surface area contributed by atoms with Crippen molar-refractivity contribution in [3.05, 3.63) is 0 Å². The first-order valence-electron chi connectivity index (χ1n) is 12.2. The van der Waals surface area contributed by atoms with E-state index < -0.39 is 52.4 Å². The van der Waals surface area contributed by atoms with E-state index in [1.54, 1.807) is 6.92 Å². The van der Waals surface area contributed by atoms with Crippen molar-refractivity contribution >= 4 is 34.3 Å². The molecule has 0 unspecified atom stereocenters. The molecule has 3 rings (SSSR count). The van der Waals surface area contributed by atoms with Crippen LogP contribution in [-0.4, -0.2) is 80.8 Å². The van der Waals surface area contributed by atoms with Crippen molar-refractivity contribution in [3.63, 3.8) is 0 Å². The molecule has 0 spiro atoms. The maximum atomic E-state index is 12.8. The third kappa shape index (κ3) is 7.07. The molecule has 1 aliphatic carbocycles. The van der Waals surface area contributed by atoms with E-state index in [9.17, 15) is 27.6 Å². The van der Waals surface area contributed by atoms with Gasteiger partial charge in [-0.3, -0.25) is 14.4 Å². The highest BCUT2D eigenvalue weighted by Gasteiger charge is 2.49. The lowest BCUT2D eigenvalue weighted by Crippen LogP contribution is -2.50. The van der Waals surface area contributed by atoms with E-state index in [0.717, 1.165) is 25.7 Å². The number of hydroxylamine groups is 2. The van der Waals surface area contributed by atoms with E-state index in [0.29, 0.717) is 23.8 Å². The summed E-state index contributed by atoms with van der Waals surface area (Å²) in [5, 5.41) is 3.19. The predicted molar refractivity (Wildman–Crippen MR) is 123 cm³/mol. The van der Waals surface area contributed by atoms with Crippen LogP contribution in [0, 0.1) is 11.3 Å². The molecule has 2 heterocycles. The number of esters is 2. The second kappa shape index (κ2) is 11.7. The van der Waals surface area contributed by atoms with Gasteiger partial charge in [-0.1, -0.05) is 12.8 Å². The average molecular weight is 534 g/mol. The molecule has 2 aliphatic heterocycles. The van der Waals surface area contributed by atoms with Crippen LogP contribution in [0.15, 0.2) is 0 Å². The number of hydrogen-bond donors (Lipinski definition) is 1. The first-order valence-corrected chi connectivity index (χ1v) is 13.6. The van der Waals surface area contributed by atoms with Gasteiger partial charge in [0, 0.05) is 13.0 Å². The number of hydrogen-bond acceptors (Lipinski definition) is 10. The average Bonchev–Trinajstić information content (AvgIpc) is 3.40. The van der Waals surface area contributed by atoms with Crippen LogP contribution in [0.1, 0.15) is 65.7 Å². The fraction of sp³-hybridized carbons (Fsp3) is 0.818. The van der Waals surface area contributed by atoms with E-state index in [4.69, 9.17) is 17.9 Å². The molecule has 3 amide bonds. The molecule has 0 aromatic rings. The molecule has 0 radical (unpaired) electrons. The summed E-state index contributed by atoms with van der Waals surface area (Å²) in [5.74, 6) is -1.20. The summed E-state index contributed by atoms with van der Waals surface area (Å²) in [6, 6.07) is -2.25. The van der Waals surface area contributed by atoms with Gasteiger partial charge in [-0.2, -0.15) is 13.5 Å². The molecular weight excluding hydrogens is 498 g/mol. The van der Waals surface area contributed by atoms with Gasteiger partial charge < -0.3 is 19.7 Å². The third-order valence-corrected chi connectivity index (χ3v) is 7.35. The van der Waals surface area contributed by atoms with Crippen molar-refractivity contribution in [1.29, 1.82) is 0 Å². The minimum atomic E-state index is -4.68. The fourth-order valence-electron chi connectivity index (χ4n) is 4.54. The molecule has 3 aliphatic rings. The predicted octanol–water partition coefficient (Wildman–Crippen LogP) is 1.23. The smallest absolute Gasteiger partial charge is 0.421 e. The molecule has 2 atom stereocenters. The van der Waals surface area contributed by atoms with Gasteiger partial charge >= 0.3 is 28.4 Å². The molecule has 0 aromatic carbocycles. The number of urea groups is 1. The van der Waals surface area contributed by atoms with Gasteiger partial charge in [-0.05, 0) is 52.4 Å². The first-order chi connectivity index (χ1) is 16.9. The van der Waals surface area contributed by atoms with Crippen LogP contribution in [0.5, 0.6) is 0 Å². The van der Waals surface area contributed by atoms with Crippen molar-refractivity contribution in [2.45, 2.75) is 77.8 Å². The van der Waals surface area contributed by atoms with Crippen molar-refractivity contribution < 1.29 is 45.5 Å². The zero-order chi connectivity index (χ0) is 26.5. The Bertz CT molecular complexity index is 948. The molecule has 2 bridgehead atoms. The van der Waals surface area contributed by atoms with Gasteiger partial charge in [-0.25, -0.2) is 8.98 Å². The van der Waals surface area contributed by atoms with Crippen LogP contribution in [0.25, 0.3) is 0 Å². The summed E-state index contributed by atoms with van der Waals surface area (Å²) in [4.78, 5) is 50.5. The van der Waals surface area contributed by atoms with Crippen molar-refractivity contribution in [3.8, 4) is 0 Å². The zero-order valence-electron chi connectivity index (χ0n) is 20.9. The van der Waals surface area contributed by atoms with Gasteiger partial charge in [0.2, 0.25) is 5.91 Å². The second-order valence-electron chi connectivity index (χ2n) is 9.91. The summed E-state index contributed by atoms with van der Waals surface area (Å²) in [7, 11) is -4.68. The van der Waals surface area contributed by atoms with Crippen LogP contribution in [0.2, 0.25) is 0 Å². The summed E-state index contributed by atoms with van der Waals surface area (Å²) >= 11 is 0. The normalized spacial score (nSPS) is 22.6. The lowest BCUT2D eigenvalue weighted by Gasteiger charge is -2.29. The van der Waals surface area contributed by atoms with E-state index >= 15 is 0 Å². The Morgan fingerprint density at radius 1 is 1.08 bits per heavy atom. The number of amides is 3. The lowest BCUT2D eigenvalue weighted by atomic mass is 9.95. The molecule has 1 N–H and O–H groups in total. The van der Waals surface area contributed by atoms with Crippen molar-refractivity contribution in [2.24, 2.45) is 11.3 Å². The first kappa shape index (κ1) is 28.1. The largest absolute Gasteiger partial charge is 0.466 e. The highest BCUT2D eigenvalue weighted by atomic mass is 32.3. The highest BCUT2D eigenvalue weighted by Crippen LogP contribution is 2.31. The minimum Gasteiger partial charge on any atom is -0.466 e. The van der Waals surface area contributed by atoms with Crippen LogP contribution < -0.4 is 5.32 Å². The maximum absolute atomic E-state index is 12.8. The number of carbonyl (C=O) groups excluding carboxylic acids is 4.